The van der Waals surface area contributed by atoms with Crippen molar-refractivity contribution < 1.29 is 4.79 Å². The van der Waals surface area contributed by atoms with Gasteiger partial charge < -0.3 is 10.6 Å². The zero-order valence-electron chi connectivity index (χ0n) is 10.8. The van der Waals surface area contributed by atoms with Crippen LogP contribution in [0.5, 0.6) is 0 Å². The van der Waals surface area contributed by atoms with Gasteiger partial charge in [0.25, 0.3) is 0 Å². The maximum atomic E-state index is 11.4. The van der Waals surface area contributed by atoms with E-state index in [0.717, 1.165) is 25.8 Å². The summed E-state index contributed by atoms with van der Waals surface area (Å²) >= 11 is 0. The van der Waals surface area contributed by atoms with Crippen molar-refractivity contribution in [3.63, 3.8) is 0 Å². The normalized spacial score (nSPS) is 35.7. The zero-order valence-corrected chi connectivity index (χ0v) is 10.8. The zero-order chi connectivity index (χ0) is 12.6. The predicted molar refractivity (Wildman–Crippen MR) is 71.1 cm³/mol. The highest BCUT2D eigenvalue weighted by Crippen LogP contribution is 2.37. The molecule has 2 heterocycles. The van der Waals surface area contributed by atoms with Crippen LogP contribution in [0.2, 0.25) is 0 Å². The minimum Gasteiger partial charge on any atom is -0.349 e. The van der Waals surface area contributed by atoms with Crippen molar-refractivity contribution in [2.24, 2.45) is 0 Å². The fourth-order valence-corrected chi connectivity index (χ4v) is 3.18. The van der Waals surface area contributed by atoms with Crippen molar-refractivity contribution in [3.05, 3.63) is 35.9 Å². The van der Waals surface area contributed by atoms with Gasteiger partial charge in [0.15, 0.2) is 0 Å². The highest BCUT2D eigenvalue weighted by Gasteiger charge is 2.44. The van der Waals surface area contributed by atoms with Crippen LogP contribution in [0.15, 0.2) is 30.3 Å². The summed E-state index contributed by atoms with van der Waals surface area (Å²) in [5.41, 5.74) is 1.40. The van der Waals surface area contributed by atoms with E-state index < -0.39 is 0 Å². The number of nitrogens with one attached hydrogen (secondary N) is 2. The van der Waals surface area contributed by atoms with Gasteiger partial charge in [0.1, 0.15) is 0 Å². The highest BCUT2D eigenvalue weighted by atomic mass is 16.2. The minimum atomic E-state index is 0.0192. The first-order valence-corrected chi connectivity index (χ1v) is 6.74. The fraction of sp³-hybridized carbons (Fsp3) is 0.533. The molecule has 0 aromatic heterocycles. The Bertz CT molecular complexity index is 447. The van der Waals surface area contributed by atoms with E-state index in [1.165, 1.54) is 5.56 Å². The minimum absolute atomic E-state index is 0.0192. The SMILES string of the molecule is CC1(c2ccccc2)CCC2(CCC(=O)N2)CN1. The van der Waals surface area contributed by atoms with E-state index >= 15 is 0 Å². The maximum absolute atomic E-state index is 11.4. The quantitative estimate of drug-likeness (QED) is 0.792. The van der Waals surface area contributed by atoms with E-state index in [1.807, 2.05) is 6.07 Å². The number of carbonyl (C=O) groups is 1. The molecule has 3 heteroatoms. The van der Waals surface area contributed by atoms with Gasteiger partial charge in [-0.15, -0.1) is 0 Å². The van der Waals surface area contributed by atoms with Crippen LogP contribution >= 0.6 is 0 Å². The second-order valence-electron chi connectivity index (χ2n) is 5.88. The summed E-state index contributed by atoms with van der Waals surface area (Å²) in [6.07, 6.45) is 3.79. The van der Waals surface area contributed by atoms with Gasteiger partial charge in [-0.25, -0.2) is 0 Å². The van der Waals surface area contributed by atoms with E-state index in [-0.39, 0.29) is 17.0 Å². The first-order chi connectivity index (χ1) is 8.62. The molecule has 1 spiro atoms. The van der Waals surface area contributed by atoms with Crippen LogP contribution in [0.3, 0.4) is 0 Å². The molecular formula is C15H20N2O. The summed E-state index contributed by atoms with van der Waals surface area (Å²) < 4.78 is 0. The number of amides is 1. The first kappa shape index (κ1) is 11.7. The highest BCUT2D eigenvalue weighted by molar-refractivity contribution is 5.79. The average molecular weight is 244 g/mol. The smallest absolute Gasteiger partial charge is 0.220 e. The largest absolute Gasteiger partial charge is 0.349 e. The van der Waals surface area contributed by atoms with E-state index in [4.69, 9.17) is 0 Å². The van der Waals surface area contributed by atoms with Crippen molar-refractivity contribution >= 4 is 5.91 Å². The number of hydrogen-bond donors (Lipinski definition) is 2. The molecule has 2 fully saturated rings. The van der Waals surface area contributed by atoms with Gasteiger partial charge in [0, 0.05) is 18.5 Å². The van der Waals surface area contributed by atoms with Crippen molar-refractivity contribution in [2.75, 3.05) is 6.54 Å². The molecule has 3 nitrogen and oxygen atoms in total. The van der Waals surface area contributed by atoms with Crippen LogP contribution in [0.4, 0.5) is 0 Å². The van der Waals surface area contributed by atoms with Crippen molar-refractivity contribution in [2.45, 2.75) is 43.7 Å². The van der Waals surface area contributed by atoms with Crippen molar-refractivity contribution in [1.29, 1.82) is 0 Å². The molecule has 2 unspecified atom stereocenters. The van der Waals surface area contributed by atoms with Crippen LogP contribution in [0.1, 0.15) is 38.2 Å². The Morgan fingerprint density at radius 1 is 1.11 bits per heavy atom. The Morgan fingerprint density at radius 2 is 1.89 bits per heavy atom. The Balaban J connectivity index is 1.75. The van der Waals surface area contributed by atoms with Crippen LogP contribution < -0.4 is 10.6 Å². The van der Waals surface area contributed by atoms with Crippen LogP contribution in [0.25, 0.3) is 0 Å². The lowest BCUT2D eigenvalue weighted by molar-refractivity contribution is -0.120. The first-order valence-electron chi connectivity index (χ1n) is 6.74. The monoisotopic (exact) mass is 244 g/mol. The molecular weight excluding hydrogens is 224 g/mol. The summed E-state index contributed by atoms with van der Waals surface area (Å²) in [6.45, 7) is 3.14. The topological polar surface area (TPSA) is 41.1 Å². The van der Waals surface area contributed by atoms with Gasteiger partial charge in [-0.2, -0.15) is 0 Å². The van der Waals surface area contributed by atoms with E-state index in [1.54, 1.807) is 0 Å². The summed E-state index contributed by atoms with van der Waals surface area (Å²) in [6, 6.07) is 10.6. The predicted octanol–water partition coefficient (Wildman–Crippen LogP) is 1.93. The van der Waals surface area contributed by atoms with Gasteiger partial charge in [0.05, 0.1) is 5.54 Å². The fourth-order valence-electron chi connectivity index (χ4n) is 3.18. The van der Waals surface area contributed by atoms with Gasteiger partial charge in [-0.3, -0.25) is 4.79 Å². The lowest BCUT2D eigenvalue weighted by Crippen LogP contribution is -2.59. The van der Waals surface area contributed by atoms with E-state index in [2.05, 4.69) is 41.8 Å². The maximum Gasteiger partial charge on any atom is 0.220 e. The van der Waals surface area contributed by atoms with Gasteiger partial charge in [-0.1, -0.05) is 30.3 Å². The molecule has 18 heavy (non-hydrogen) atoms. The van der Waals surface area contributed by atoms with E-state index in [9.17, 15) is 4.79 Å². The molecule has 0 aliphatic carbocycles. The molecule has 2 atom stereocenters. The molecule has 1 aromatic carbocycles. The summed E-state index contributed by atoms with van der Waals surface area (Å²) in [5.74, 6) is 0.208. The van der Waals surface area contributed by atoms with Crippen molar-refractivity contribution in [3.8, 4) is 0 Å². The van der Waals surface area contributed by atoms with Gasteiger partial charge in [0.2, 0.25) is 5.91 Å². The molecule has 3 rings (SSSR count). The second kappa shape index (κ2) is 4.09. The standard InChI is InChI=1S/C15H20N2O/c1-14(12-5-3-2-4-6-12)9-10-15(11-16-14)8-7-13(18)17-15/h2-6,16H,7-11H2,1H3,(H,17,18). The van der Waals surface area contributed by atoms with Crippen LogP contribution in [-0.4, -0.2) is 18.0 Å². The Kier molecular flexibility index (Phi) is 2.67. The molecule has 96 valence electrons. The summed E-state index contributed by atoms with van der Waals surface area (Å²) in [7, 11) is 0. The third-order valence-corrected chi connectivity index (χ3v) is 4.57. The molecule has 2 saturated heterocycles. The Labute approximate surface area is 108 Å². The molecule has 2 aliphatic rings. The molecule has 1 aromatic rings. The third kappa shape index (κ3) is 1.93. The second-order valence-corrected chi connectivity index (χ2v) is 5.88. The summed E-state index contributed by atoms with van der Waals surface area (Å²) in [5, 5.41) is 6.81. The van der Waals surface area contributed by atoms with Gasteiger partial charge in [-0.05, 0) is 31.7 Å². The van der Waals surface area contributed by atoms with Crippen molar-refractivity contribution in [1.82, 2.24) is 10.6 Å². The number of carbonyl (C=O) groups excluding carboxylic acids is 1. The molecule has 2 aliphatic heterocycles. The van der Waals surface area contributed by atoms with E-state index in [0.29, 0.717) is 6.42 Å². The molecule has 0 bridgehead atoms. The number of rotatable bonds is 1. The lowest BCUT2D eigenvalue weighted by Gasteiger charge is -2.44. The Morgan fingerprint density at radius 3 is 2.44 bits per heavy atom. The summed E-state index contributed by atoms with van der Waals surface area (Å²) in [4.78, 5) is 11.4. The van der Waals surface area contributed by atoms with Crippen LogP contribution in [-0.2, 0) is 10.3 Å². The third-order valence-electron chi connectivity index (χ3n) is 4.57. The van der Waals surface area contributed by atoms with Crippen LogP contribution in [0, 0.1) is 0 Å². The van der Waals surface area contributed by atoms with Gasteiger partial charge >= 0.3 is 0 Å². The molecule has 1 amide bonds. The Hall–Kier alpha value is -1.35. The molecule has 2 N–H and O–H groups in total. The lowest BCUT2D eigenvalue weighted by atomic mass is 9.77. The molecule has 0 radical (unpaired) electrons. The average Bonchev–Trinajstić information content (AvgIpc) is 2.77. The molecule has 0 saturated carbocycles. The number of piperidine rings is 1. The number of benzene rings is 1. The number of hydrogen-bond acceptors (Lipinski definition) is 2.